The average molecular weight is 662 g/mol. The van der Waals surface area contributed by atoms with Crippen LogP contribution in [0.3, 0.4) is 0 Å². The molecule has 1 saturated heterocycles. The minimum Gasteiger partial charge on any atom is -0.457 e. The number of carbonyl (C=O) groups excluding carboxylic acids is 4. The second kappa shape index (κ2) is 14.1. The van der Waals surface area contributed by atoms with Gasteiger partial charge in [0.25, 0.3) is 11.8 Å². The van der Waals surface area contributed by atoms with Gasteiger partial charge in [-0.2, -0.15) is 8.75 Å². The van der Waals surface area contributed by atoms with Crippen molar-refractivity contribution < 1.29 is 33.5 Å². The molecule has 1 N–H and O–H groups in total. The number of nitrogens with one attached hydrogen (secondary N) is 1. The molecule has 1 aromatic heterocycles. The van der Waals surface area contributed by atoms with Crippen LogP contribution in [0.25, 0.3) is 0 Å². The Balaban J connectivity index is 1.32. The highest BCUT2D eigenvalue weighted by Crippen LogP contribution is 2.42. The number of benzene rings is 2. The molecule has 238 valence electrons. The Morgan fingerprint density at radius 2 is 1.76 bits per heavy atom. The first-order valence-corrected chi connectivity index (χ1v) is 16.0. The van der Waals surface area contributed by atoms with Crippen molar-refractivity contribution in [3.8, 4) is 0 Å². The van der Waals surface area contributed by atoms with E-state index in [2.05, 4.69) is 25.8 Å². The summed E-state index contributed by atoms with van der Waals surface area (Å²) in [5.41, 5.74) is 1.23. The molecule has 3 aromatic rings. The molecule has 2 atom stereocenters. The Bertz CT molecular complexity index is 1630. The van der Waals surface area contributed by atoms with E-state index in [1.807, 2.05) is 60.7 Å². The zero-order valence-corrected chi connectivity index (χ0v) is 26.9. The fourth-order valence-corrected chi connectivity index (χ4v) is 6.50. The Hall–Kier alpha value is -4.82. The highest BCUT2D eigenvalue weighted by molar-refractivity contribution is 8.00. The number of esters is 2. The van der Waals surface area contributed by atoms with E-state index in [9.17, 15) is 19.2 Å². The lowest BCUT2D eigenvalue weighted by molar-refractivity contribution is -0.160. The third-order valence-electron chi connectivity index (χ3n) is 6.73. The van der Waals surface area contributed by atoms with Gasteiger partial charge in [0, 0.05) is 5.75 Å². The molecule has 14 heteroatoms. The molecule has 1 fully saturated rings. The number of fused-ring (bicyclic) bond motifs is 1. The maximum atomic E-state index is 13.8. The van der Waals surface area contributed by atoms with Gasteiger partial charge in [-0.3, -0.25) is 14.5 Å². The van der Waals surface area contributed by atoms with Crippen molar-refractivity contribution in [2.24, 2.45) is 5.16 Å². The molecule has 2 aromatic carbocycles. The van der Waals surface area contributed by atoms with E-state index in [0.29, 0.717) is 11.3 Å². The smallest absolute Gasteiger partial charge is 0.356 e. The molecular formula is C32H31N5O7S2. The first kappa shape index (κ1) is 32.6. The van der Waals surface area contributed by atoms with E-state index in [1.54, 1.807) is 20.8 Å². The van der Waals surface area contributed by atoms with E-state index < -0.39 is 53.5 Å². The normalized spacial score (nSPS) is 18.0. The van der Waals surface area contributed by atoms with E-state index >= 15 is 0 Å². The Morgan fingerprint density at radius 1 is 1.11 bits per heavy atom. The van der Waals surface area contributed by atoms with Crippen molar-refractivity contribution in [1.82, 2.24) is 19.0 Å². The van der Waals surface area contributed by atoms with Gasteiger partial charge in [-0.15, -0.1) is 11.8 Å². The average Bonchev–Trinajstić information content (AvgIpc) is 3.58. The molecule has 0 saturated carbocycles. The fourth-order valence-electron chi connectivity index (χ4n) is 4.74. The Labute approximate surface area is 273 Å². The number of aromatic nitrogens is 2. The quantitative estimate of drug-likeness (QED) is 0.139. The molecule has 2 amide bonds. The molecular weight excluding hydrogens is 631 g/mol. The third kappa shape index (κ3) is 7.35. The maximum Gasteiger partial charge on any atom is 0.356 e. The summed E-state index contributed by atoms with van der Waals surface area (Å²) in [5.74, 6) is -2.31. The van der Waals surface area contributed by atoms with Gasteiger partial charge in [-0.1, -0.05) is 78.5 Å². The first-order valence-electron chi connectivity index (χ1n) is 14.2. The summed E-state index contributed by atoms with van der Waals surface area (Å²) in [6, 6.07) is 17.6. The van der Waals surface area contributed by atoms with Crippen molar-refractivity contribution in [2.45, 2.75) is 43.9 Å². The number of oxime groups is 1. The third-order valence-corrected chi connectivity index (χ3v) is 8.51. The molecule has 1 unspecified atom stereocenters. The topological polar surface area (TPSA) is 149 Å². The second-order valence-electron chi connectivity index (χ2n) is 11.1. The number of hydrogen-bond acceptors (Lipinski definition) is 12. The van der Waals surface area contributed by atoms with Crippen LogP contribution in [-0.4, -0.2) is 72.5 Å². The van der Waals surface area contributed by atoms with Gasteiger partial charge < -0.3 is 19.6 Å². The zero-order valence-electron chi connectivity index (χ0n) is 25.2. The minimum absolute atomic E-state index is 0.0735. The summed E-state index contributed by atoms with van der Waals surface area (Å²) in [5, 5.41) is 5.88. The van der Waals surface area contributed by atoms with Crippen molar-refractivity contribution >= 4 is 53.0 Å². The van der Waals surface area contributed by atoms with Crippen molar-refractivity contribution in [3.63, 3.8) is 0 Å². The van der Waals surface area contributed by atoms with Crippen LogP contribution in [0.15, 0.2) is 95.9 Å². The summed E-state index contributed by atoms with van der Waals surface area (Å²) in [7, 11) is 0. The van der Waals surface area contributed by atoms with Crippen molar-refractivity contribution in [2.75, 3.05) is 12.4 Å². The highest BCUT2D eigenvalue weighted by atomic mass is 32.2. The molecule has 3 heterocycles. The summed E-state index contributed by atoms with van der Waals surface area (Å²) in [4.78, 5) is 59.2. The molecule has 5 rings (SSSR count). The number of amides is 2. The van der Waals surface area contributed by atoms with Crippen LogP contribution in [0.4, 0.5) is 0 Å². The number of hydrogen-bond donors (Lipinski definition) is 1. The predicted octanol–water partition coefficient (Wildman–Crippen LogP) is 3.77. The largest absolute Gasteiger partial charge is 0.457 e. The van der Waals surface area contributed by atoms with Crippen LogP contribution in [0, 0.1) is 0 Å². The standard InChI is InChI=1S/C32H31N5O7S2/c1-5-19-18-45-30-25(34-28(39)24(22-16-33-46-36-22)35-42-17-23(38)44-32(2,3)4)29(40)37(30)26(19)31(41)43-27(20-12-8-6-9-13-20)21-14-10-7-11-15-21/h5-16,25,27,30H,1,17-18H2,2-4H3,(H,34,39)/t25?,30-/m0/s1. The summed E-state index contributed by atoms with van der Waals surface area (Å²) < 4.78 is 19.2. The molecule has 2 aliphatic rings. The zero-order chi connectivity index (χ0) is 32.8. The summed E-state index contributed by atoms with van der Waals surface area (Å²) in [6.07, 6.45) is 2.12. The molecule has 0 spiro atoms. The van der Waals surface area contributed by atoms with Gasteiger partial charge in [0.2, 0.25) is 6.61 Å². The Kier molecular flexibility index (Phi) is 9.97. The van der Waals surface area contributed by atoms with E-state index in [0.717, 1.165) is 22.9 Å². The van der Waals surface area contributed by atoms with Gasteiger partial charge in [0.15, 0.2) is 11.8 Å². The number of nitrogens with zero attached hydrogens (tertiary/aromatic N) is 4. The van der Waals surface area contributed by atoms with E-state index in [1.165, 1.54) is 28.9 Å². The van der Waals surface area contributed by atoms with Crippen molar-refractivity contribution in [1.29, 1.82) is 0 Å². The monoisotopic (exact) mass is 661 g/mol. The van der Waals surface area contributed by atoms with Gasteiger partial charge in [0.05, 0.1) is 17.9 Å². The number of thioether (sulfide) groups is 1. The number of ether oxygens (including phenoxy) is 2. The SMILES string of the molecule is C=CC1=C(C(=O)OC(c2ccccc2)c2ccccc2)N2C(=O)C(NC(=O)C(=NOCC(=O)OC(C)(C)C)c3cnsn3)[C@@H]2SC1. The van der Waals surface area contributed by atoms with Crippen LogP contribution >= 0.6 is 23.5 Å². The lowest BCUT2D eigenvalue weighted by Gasteiger charge is -2.49. The molecule has 0 bridgehead atoms. The van der Waals surface area contributed by atoms with Crippen molar-refractivity contribution in [3.05, 3.63) is 108 Å². The molecule has 2 aliphatic heterocycles. The maximum absolute atomic E-state index is 13.8. The van der Waals surface area contributed by atoms with Crippen LogP contribution in [0.5, 0.6) is 0 Å². The van der Waals surface area contributed by atoms with Gasteiger partial charge in [-0.05, 0) is 37.5 Å². The molecule has 0 aliphatic carbocycles. The highest BCUT2D eigenvalue weighted by Gasteiger charge is 2.54. The van der Waals surface area contributed by atoms with Crippen LogP contribution in [0.2, 0.25) is 0 Å². The predicted molar refractivity (Wildman–Crippen MR) is 171 cm³/mol. The van der Waals surface area contributed by atoms with Crippen LogP contribution in [-0.2, 0) is 33.5 Å². The Morgan fingerprint density at radius 3 is 2.33 bits per heavy atom. The first-order chi connectivity index (χ1) is 22.1. The summed E-state index contributed by atoms with van der Waals surface area (Å²) >= 11 is 2.21. The molecule has 12 nitrogen and oxygen atoms in total. The fraction of sp³-hybridized carbons (Fsp3) is 0.281. The van der Waals surface area contributed by atoms with E-state index in [-0.39, 0.29) is 17.1 Å². The number of rotatable bonds is 11. The van der Waals surface area contributed by atoms with Gasteiger partial charge in [-0.25, -0.2) is 9.59 Å². The lowest BCUT2D eigenvalue weighted by atomic mass is 10.0. The van der Waals surface area contributed by atoms with E-state index in [4.69, 9.17) is 14.3 Å². The van der Waals surface area contributed by atoms with Crippen LogP contribution in [0.1, 0.15) is 43.7 Å². The number of allylic oxidation sites excluding steroid dienone is 1. The van der Waals surface area contributed by atoms with Crippen LogP contribution < -0.4 is 5.32 Å². The minimum atomic E-state index is -0.992. The van der Waals surface area contributed by atoms with Gasteiger partial charge in [0.1, 0.15) is 28.4 Å². The molecule has 0 radical (unpaired) electrons. The number of β-lactam (4-membered cyclic amide) rings is 1. The number of carbonyl (C=O) groups is 4. The second-order valence-corrected chi connectivity index (χ2v) is 12.8. The van der Waals surface area contributed by atoms with Gasteiger partial charge >= 0.3 is 11.9 Å². The lowest BCUT2D eigenvalue weighted by Crippen LogP contribution is -2.71. The molecule has 46 heavy (non-hydrogen) atoms. The summed E-state index contributed by atoms with van der Waals surface area (Å²) in [6.45, 7) is 8.41.